The number of aliphatic hydroxyl groups is 2. The molecule has 48 heavy (non-hydrogen) atoms. The minimum atomic E-state index is -5.26. The molecule has 258 valence electrons. The quantitative estimate of drug-likeness (QED) is 0.0242. The van der Waals surface area contributed by atoms with Gasteiger partial charge in [-0.15, -0.1) is 0 Å². The van der Waals surface area contributed by atoms with Crippen LogP contribution in [0.3, 0.4) is 0 Å². The van der Waals surface area contributed by atoms with Crippen molar-refractivity contribution in [2.24, 2.45) is 10.8 Å². The second-order valence-electron chi connectivity index (χ2n) is 10.6. The predicted molar refractivity (Wildman–Crippen MR) is 153 cm³/mol. The fourth-order valence-corrected chi connectivity index (χ4v) is 5.70. The van der Waals surface area contributed by atoms with E-state index in [2.05, 4.69) is 30.3 Å². The second kappa shape index (κ2) is 30.0. The zero-order valence-electron chi connectivity index (χ0n) is 28.7. The normalized spacial score (nSPS) is 12.8. The summed E-state index contributed by atoms with van der Waals surface area (Å²) in [5.74, 6) is -1.33. The van der Waals surface area contributed by atoms with Gasteiger partial charge in [-0.2, -0.15) is 0 Å². The third-order valence-electron chi connectivity index (χ3n) is 5.57. The number of rotatable bonds is 23. The number of carbonyl (C=O) groups is 4. The standard InChI is InChI=1S/C22H44N4O14P2S2.4Na/c1-21(2,13-39-41(33,34)35)17(29)19(31)25-7-5-15(27)23-9-11-43-44-12-10-24-16(28)6-8-26-20(32)18(30)22(3,4)14-40-42(36,37)38;;;;/h17-18,29-30H,5-14H2,1-4H3,(H,23,27)(H,24,28)(H,25,31)(H,26,32)(H2,33,34,35)(H2,36,37,38);;;;/q;4*+1/p-4/t17-,18-;;;;/m0..../s1. The van der Waals surface area contributed by atoms with E-state index >= 15 is 0 Å². The van der Waals surface area contributed by atoms with Gasteiger partial charge in [0, 0.05) is 61.4 Å². The Hall–Kier alpha value is 2.72. The number of carbonyl (C=O) groups excluding carboxylic acids is 4. The molecule has 0 unspecified atom stereocenters. The molecule has 0 aromatic carbocycles. The molecule has 0 aliphatic rings. The molecule has 26 heteroatoms. The number of aliphatic hydroxyl groups excluding tert-OH is 2. The maximum absolute atomic E-state index is 12.0. The van der Waals surface area contributed by atoms with Crippen molar-refractivity contribution in [2.45, 2.75) is 52.7 Å². The molecule has 0 bridgehead atoms. The van der Waals surface area contributed by atoms with Crippen molar-refractivity contribution in [2.75, 3.05) is 50.9 Å². The number of nitrogens with one attached hydrogen (secondary N) is 4. The van der Waals surface area contributed by atoms with E-state index < -0.39 is 63.7 Å². The van der Waals surface area contributed by atoms with Crippen LogP contribution in [0.5, 0.6) is 0 Å². The molecule has 2 atom stereocenters. The molecule has 0 aliphatic heterocycles. The van der Waals surface area contributed by atoms with Gasteiger partial charge in [0.15, 0.2) is 0 Å². The smallest absolute Gasteiger partial charge is 0.790 e. The zero-order valence-corrected chi connectivity index (χ0v) is 40.2. The van der Waals surface area contributed by atoms with Crippen molar-refractivity contribution < 1.29 is 185 Å². The summed E-state index contributed by atoms with van der Waals surface area (Å²) >= 11 is 0. The van der Waals surface area contributed by atoms with Crippen molar-refractivity contribution in [1.29, 1.82) is 0 Å². The van der Waals surface area contributed by atoms with Crippen LogP contribution in [0.2, 0.25) is 0 Å². The van der Waals surface area contributed by atoms with Crippen LogP contribution in [0.4, 0.5) is 0 Å². The Morgan fingerprint density at radius 3 is 1.19 bits per heavy atom. The minimum absolute atomic E-state index is 0. The molecule has 0 rings (SSSR count). The summed E-state index contributed by atoms with van der Waals surface area (Å²) in [4.78, 5) is 90.3. The van der Waals surface area contributed by atoms with E-state index in [1.165, 1.54) is 49.3 Å². The second-order valence-corrected chi connectivity index (χ2v) is 15.7. The average Bonchev–Trinajstić information content (AvgIpc) is 2.90. The molecule has 18 nitrogen and oxygen atoms in total. The maximum atomic E-state index is 12.0. The first-order valence-corrected chi connectivity index (χ1v) is 18.5. The average molecular weight is 803 g/mol. The maximum Gasteiger partial charge on any atom is 1.00 e. The summed E-state index contributed by atoms with van der Waals surface area (Å²) in [5, 5.41) is 30.1. The number of hydrogen-bond acceptors (Lipinski definition) is 16. The van der Waals surface area contributed by atoms with E-state index in [1.54, 1.807) is 0 Å². The molecule has 0 spiro atoms. The summed E-state index contributed by atoms with van der Waals surface area (Å²) < 4.78 is 29.5. The Morgan fingerprint density at radius 2 is 0.917 bits per heavy atom. The molecule has 0 fully saturated rings. The van der Waals surface area contributed by atoms with Crippen LogP contribution in [0.1, 0.15) is 40.5 Å². The largest absolute Gasteiger partial charge is 1.00 e. The minimum Gasteiger partial charge on any atom is -0.790 e. The molecule has 6 N–H and O–H groups in total. The molecule has 0 radical (unpaired) electrons. The van der Waals surface area contributed by atoms with Crippen LogP contribution in [0.15, 0.2) is 0 Å². The predicted octanol–water partition coefficient (Wildman–Crippen LogP) is -15.9. The Labute approximate surface area is 377 Å². The first-order valence-electron chi connectivity index (χ1n) is 13.1. The first-order chi connectivity index (χ1) is 20.1. The van der Waals surface area contributed by atoms with Gasteiger partial charge < -0.3 is 69.2 Å². The summed E-state index contributed by atoms with van der Waals surface area (Å²) in [5.41, 5.74) is -2.74. The Balaban J connectivity index is -0.00000154. The SMILES string of the molecule is CC(C)(COP(=O)([O-])[O-])[C@@H](O)C(=O)NCCC(=O)NCCSSCCNC(=O)CCNC(=O)[C@H](O)C(C)(C)COP(=O)([O-])[O-].[Na+].[Na+].[Na+].[Na+]. The molecular weight excluding hydrogens is 762 g/mol. The van der Waals surface area contributed by atoms with Crippen molar-refractivity contribution in [1.82, 2.24) is 21.3 Å². The van der Waals surface area contributed by atoms with Gasteiger partial charge in [0.05, 0.1) is 28.9 Å². The Bertz CT molecular complexity index is 980. The first kappa shape index (κ1) is 60.0. The molecular formula is C22H40N4Na4O14P2S2. The fraction of sp³-hybridized carbons (Fsp3) is 0.818. The topological polar surface area (TPSA) is 302 Å². The van der Waals surface area contributed by atoms with E-state index in [0.717, 1.165) is 0 Å². The van der Waals surface area contributed by atoms with Gasteiger partial charge in [-0.3, -0.25) is 19.2 Å². The van der Waals surface area contributed by atoms with Crippen LogP contribution in [0, 0.1) is 10.8 Å². The molecule has 4 amide bonds. The number of hydrogen-bond donors (Lipinski definition) is 6. The van der Waals surface area contributed by atoms with Gasteiger partial charge in [-0.25, -0.2) is 0 Å². The zero-order chi connectivity index (χ0) is 34.2. The molecule has 0 aromatic heterocycles. The van der Waals surface area contributed by atoms with Crippen molar-refractivity contribution in [3.05, 3.63) is 0 Å². The third-order valence-corrected chi connectivity index (χ3v) is 8.87. The van der Waals surface area contributed by atoms with Gasteiger partial charge in [-0.1, -0.05) is 49.3 Å². The van der Waals surface area contributed by atoms with E-state index in [1.807, 2.05) is 0 Å². The summed E-state index contributed by atoms with van der Waals surface area (Å²) in [6.45, 7) is 4.43. The Morgan fingerprint density at radius 1 is 0.625 bits per heavy atom. The molecule has 0 heterocycles. The van der Waals surface area contributed by atoms with Crippen LogP contribution in [-0.2, 0) is 37.4 Å². The van der Waals surface area contributed by atoms with Gasteiger partial charge in [-0.05, 0) is 0 Å². The van der Waals surface area contributed by atoms with Gasteiger partial charge in [0.1, 0.15) is 12.2 Å². The summed E-state index contributed by atoms with van der Waals surface area (Å²) in [6, 6.07) is 0. The van der Waals surface area contributed by atoms with E-state index in [9.17, 15) is 58.1 Å². The number of amides is 4. The van der Waals surface area contributed by atoms with Gasteiger partial charge in [0.25, 0.3) is 0 Å². The van der Waals surface area contributed by atoms with Crippen LogP contribution >= 0.6 is 37.2 Å². The monoisotopic (exact) mass is 802 g/mol. The van der Waals surface area contributed by atoms with Gasteiger partial charge >= 0.3 is 118 Å². The van der Waals surface area contributed by atoms with Crippen LogP contribution in [-0.4, -0.2) is 96.9 Å². The number of phosphoric ester groups is 2. The Kier molecular flexibility index (Phi) is 37.5. The third kappa shape index (κ3) is 31.1. The van der Waals surface area contributed by atoms with E-state index in [-0.39, 0.29) is 156 Å². The number of phosphoric acid groups is 2. The van der Waals surface area contributed by atoms with Crippen LogP contribution < -0.4 is 159 Å². The summed E-state index contributed by atoms with van der Waals surface area (Å²) in [6.07, 6.45) is -3.52. The fourth-order valence-electron chi connectivity index (χ4n) is 2.91. The molecule has 0 aliphatic carbocycles. The van der Waals surface area contributed by atoms with Crippen molar-refractivity contribution in [3.8, 4) is 0 Å². The molecule has 0 aromatic rings. The van der Waals surface area contributed by atoms with Crippen molar-refractivity contribution >= 4 is 60.9 Å². The molecule has 0 saturated carbocycles. The van der Waals surface area contributed by atoms with Crippen LogP contribution in [0.25, 0.3) is 0 Å². The molecule has 0 saturated heterocycles. The van der Waals surface area contributed by atoms with E-state index in [0.29, 0.717) is 24.6 Å². The van der Waals surface area contributed by atoms with Gasteiger partial charge in [0.2, 0.25) is 23.6 Å². The van der Waals surface area contributed by atoms with Crippen molar-refractivity contribution in [3.63, 3.8) is 0 Å². The van der Waals surface area contributed by atoms with E-state index in [4.69, 9.17) is 0 Å². The summed E-state index contributed by atoms with van der Waals surface area (Å²) in [7, 11) is -7.65.